The quantitative estimate of drug-likeness (QED) is 0.600. The highest BCUT2D eigenvalue weighted by atomic mass is 35.5. The number of hydrogen-bond donors (Lipinski definition) is 2. The minimum absolute atomic E-state index is 0.403. The van der Waals surface area contributed by atoms with Gasteiger partial charge in [-0.1, -0.05) is 11.6 Å². The summed E-state index contributed by atoms with van der Waals surface area (Å²) in [4.78, 5) is 0. The van der Waals surface area contributed by atoms with Crippen molar-refractivity contribution in [2.45, 2.75) is 18.7 Å². The first-order valence-electron chi connectivity index (χ1n) is 4.11. The molecule has 0 aliphatic rings. The maximum atomic E-state index is 13.0. The fourth-order valence-corrected chi connectivity index (χ4v) is 1.31. The van der Waals surface area contributed by atoms with Crippen LogP contribution in [-0.2, 0) is 5.60 Å². The molecular formula is C9H8ClF4NO. The number of aliphatic hydroxyl groups is 1. The van der Waals surface area contributed by atoms with Gasteiger partial charge in [0, 0.05) is 11.3 Å². The molecule has 1 rings (SSSR count). The van der Waals surface area contributed by atoms with Crippen molar-refractivity contribution in [1.82, 2.24) is 0 Å². The van der Waals surface area contributed by atoms with Crippen LogP contribution in [0.25, 0.3) is 0 Å². The molecule has 0 bridgehead atoms. The van der Waals surface area contributed by atoms with Crippen LogP contribution in [-0.4, -0.2) is 11.3 Å². The molecule has 0 aliphatic carbocycles. The Morgan fingerprint density at radius 2 is 1.81 bits per heavy atom. The van der Waals surface area contributed by atoms with Gasteiger partial charge < -0.3 is 10.8 Å². The summed E-state index contributed by atoms with van der Waals surface area (Å²) in [6.07, 6.45) is -4.96. The number of benzene rings is 1. The molecular weight excluding hydrogens is 250 g/mol. The Morgan fingerprint density at radius 3 is 2.25 bits per heavy atom. The van der Waals surface area contributed by atoms with Crippen LogP contribution in [0.15, 0.2) is 12.1 Å². The normalized spacial score (nSPS) is 15.9. The molecule has 1 aromatic carbocycles. The zero-order valence-electron chi connectivity index (χ0n) is 8.07. The van der Waals surface area contributed by atoms with Gasteiger partial charge in [0.2, 0.25) is 0 Å². The smallest absolute Gasteiger partial charge is 0.398 e. The van der Waals surface area contributed by atoms with Crippen LogP contribution >= 0.6 is 11.6 Å². The fourth-order valence-electron chi connectivity index (χ4n) is 1.14. The van der Waals surface area contributed by atoms with E-state index in [9.17, 15) is 22.7 Å². The predicted molar refractivity (Wildman–Crippen MR) is 51.4 cm³/mol. The number of rotatable bonds is 1. The van der Waals surface area contributed by atoms with Gasteiger partial charge >= 0.3 is 6.18 Å². The summed E-state index contributed by atoms with van der Waals surface area (Å²) in [5.74, 6) is -1.07. The third kappa shape index (κ3) is 2.08. The standard InChI is InChI=1S/C9H8ClF4NO/c1-8(16,9(12,13)14)4-2-6(11)5(10)3-7(4)15/h2-3,16H,15H2,1H3. The summed E-state index contributed by atoms with van der Waals surface area (Å²) < 4.78 is 50.4. The summed E-state index contributed by atoms with van der Waals surface area (Å²) in [6.45, 7) is 0.492. The zero-order valence-corrected chi connectivity index (χ0v) is 8.83. The van der Waals surface area contributed by atoms with Crippen LogP contribution in [0.1, 0.15) is 12.5 Å². The number of hydrogen-bond acceptors (Lipinski definition) is 2. The van der Waals surface area contributed by atoms with Gasteiger partial charge in [-0.3, -0.25) is 0 Å². The van der Waals surface area contributed by atoms with Gasteiger partial charge in [-0.15, -0.1) is 0 Å². The molecule has 90 valence electrons. The van der Waals surface area contributed by atoms with Crippen LogP contribution in [0.3, 0.4) is 0 Å². The molecule has 0 saturated heterocycles. The zero-order chi connectivity index (χ0) is 12.7. The SMILES string of the molecule is CC(O)(c1cc(F)c(Cl)cc1N)C(F)(F)F. The second kappa shape index (κ2) is 3.78. The first-order chi connectivity index (χ1) is 7.07. The summed E-state index contributed by atoms with van der Waals surface area (Å²) in [7, 11) is 0. The van der Waals surface area contributed by atoms with Crippen molar-refractivity contribution in [2.24, 2.45) is 0 Å². The van der Waals surface area contributed by atoms with E-state index in [-0.39, 0.29) is 0 Å². The molecule has 1 unspecified atom stereocenters. The highest BCUT2D eigenvalue weighted by molar-refractivity contribution is 6.31. The average Bonchev–Trinajstić information content (AvgIpc) is 2.09. The van der Waals surface area contributed by atoms with Crippen molar-refractivity contribution >= 4 is 17.3 Å². The summed E-state index contributed by atoms with van der Waals surface area (Å²) in [5, 5.41) is 8.90. The van der Waals surface area contributed by atoms with Gasteiger partial charge in [-0.05, 0) is 19.1 Å². The summed E-state index contributed by atoms with van der Waals surface area (Å²) in [5.41, 5.74) is 0.858. The van der Waals surface area contributed by atoms with Crippen LogP contribution in [0.5, 0.6) is 0 Å². The fraction of sp³-hybridized carbons (Fsp3) is 0.333. The van der Waals surface area contributed by atoms with Gasteiger partial charge in [0.25, 0.3) is 0 Å². The summed E-state index contributed by atoms with van der Waals surface area (Å²) in [6, 6.07) is 1.30. The lowest BCUT2D eigenvalue weighted by Crippen LogP contribution is -2.39. The first kappa shape index (κ1) is 13.1. The van der Waals surface area contributed by atoms with Gasteiger partial charge in [-0.25, -0.2) is 4.39 Å². The molecule has 0 amide bonds. The lowest BCUT2D eigenvalue weighted by molar-refractivity contribution is -0.258. The van der Waals surface area contributed by atoms with E-state index in [2.05, 4.69) is 0 Å². The van der Waals surface area contributed by atoms with Gasteiger partial charge in [0.05, 0.1) is 5.02 Å². The Hall–Kier alpha value is -1.01. The third-order valence-electron chi connectivity index (χ3n) is 2.17. The first-order valence-corrected chi connectivity index (χ1v) is 4.49. The molecule has 2 nitrogen and oxygen atoms in total. The minimum Gasteiger partial charge on any atom is -0.398 e. The average molecular weight is 258 g/mol. The molecule has 0 aliphatic heterocycles. The maximum Gasteiger partial charge on any atom is 0.421 e. The molecule has 0 radical (unpaired) electrons. The van der Waals surface area contributed by atoms with E-state index in [4.69, 9.17) is 17.3 Å². The number of alkyl halides is 3. The minimum atomic E-state index is -4.96. The summed E-state index contributed by atoms with van der Waals surface area (Å²) >= 11 is 5.33. The Morgan fingerprint density at radius 1 is 1.31 bits per heavy atom. The molecule has 7 heteroatoms. The highest BCUT2D eigenvalue weighted by Gasteiger charge is 2.52. The molecule has 0 aromatic heterocycles. The van der Waals surface area contributed by atoms with Crippen LogP contribution in [0.2, 0.25) is 5.02 Å². The number of nitrogens with two attached hydrogens (primary N) is 1. The lowest BCUT2D eigenvalue weighted by Gasteiger charge is -2.28. The topological polar surface area (TPSA) is 46.2 Å². The number of anilines is 1. The van der Waals surface area contributed by atoms with Crippen molar-refractivity contribution < 1.29 is 22.7 Å². The van der Waals surface area contributed by atoms with Crippen molar-refractivity contribution in [3.05, 3.63) is 28.5 Å². The van der Waals surface area contributed by atoms with E-state index in [0.29, 0.717) is 13.0 Å². The molecule has 0 heterocycles. The van der Waals surface area contributed by atoms with E-state index in [0.717, 1.165) is 6.07 Å². The largest absolute Gasteiger partial charge is 0.421 e. The predicted octanol–water partition coefficient (Wildman–Crippen LogP) is 2.83. The van der Waals surface area contributed by atoms with E-state index in [1.807, 2.05) is 0 Å². The Kier molecular flexibility index (Phi) is 3.08. The molecule has 0 saturated carbocycles. The van der Waals surface area contributed by atoms with Crippen molar-refractivity contribution in [3.8, 4) is 0 Å². The molecule has 16 heavy (non-hydrogen) atoms. The monoisotopic (exact) mass is 257 g/mol. The van der Waals surface area contributed by atoms with Crippen LogP contribution in [0, 0.1) is 5.82 Å². The Labute approximate surface area is 93.6 Å². The van der Waals surface area contributed by atoms with Crippen molar-refractivity contribution in [1.29, 1.82) is 0 Å². The Balaban J connectivity index is 3.39. The molecule has 1 aromatic rings. The van der Waals surface area contributed by atoms with Gasteiger partial charge in [0.1, 0.15) is 5.82 Å². The maximum absolute atomic E-state index is 13.0. The van der Waals surface area contributed by atoms with E-state index >= 15 is 0 Å². The molecule has 0 fully saturated rings. The van der Waals surface area contributed by atoms with E-state index in [1.165, 1.54) is 0 Å². The third-order valence-corrected chi connectivity index (χ3v) is 2.46. The van der Waals surface area contributed by atoms with Crippen molar-refractivity contribution in [2.75, 3.05) is 5.73 Å². The molecule has 1 atom stereocenters. The van der Waals surface area contributed by atoms with E-state index < -0.39 is 33.9 Å². The van der Waals surface area contributed by atoms with Crippen molar-refractivity contribution in [3.63, 3.8) is 0 Å². The highest BCUT2D eigenvalue weighted by Crippen LogP contribution is 2.41. The lowest BCUT2D eigenvalue weighted by atomic mass is 9.93. The molecule has 0 spiro atoms. The Bertz CT molecular complexity index is 417. The molecule has 3 N–H and O–H groups in total. The number of halogens is 5. The number of nitrogen functional groups attached to an aromatic ring is 1. The second-order valence-electron chi connectivity index (χ2n) is 3.42. The van der Waals surface area contributed by atoms with Gasteiger partial charge in [-0.2, -0.15) is 13.2 Å². The van der Waals surface area contributed by atoms with Gasteiger partial charge in [0.15, 0.2) is 5.60 Å². The second-order valence-corrected chi connectivity index (χ2v) is 3.83. The van der Waals surface area contributed by atoms with E-state index in [1.54, 1.807) is 0 Å². The van der Waals surface area contributed by atoms with Crippen LogP contribution < -0.4 is 5.73 Å². The van der Waals surface area contributed by atoms with Crippen LogP contribution in [0.4, 0.5) is 23.2 Å².